The van der Waals surface area contributed by atoms with E-state index in [9.17, 15) is 44.3 Å². The number of aliphatic hydroxyl groups excluding tert-OH is 1. The number of ether oxygens (including phenoxy) is 1. The molecule has 0 aromatic heterocycles. The predicted molar refractivity (Wildman–Crippen MR) is 145 cm³/mol. The number of rotatable bonds is 8. The summed E-state index contributed by atoms with van der Waals surface area (Å²) < 4.78 is 5.50. The van der Waals surface area contributed by atoms with E-state index < -0.39 is 58.8 Å². The van der Waals surface area contributed by atoms with Crippen LogP contribution >= 0.6 is 11.8 Å². The van der Waals surface area contributed by atoms with E-state index in [0.29, 0.717) is 10.5 Å². The van der Waals surface area contributed by atoms with Crippen LogP contribution in [0.5, 0.6) is 0 Å². The van der Waals surface area contributed by atoms with Gasteiger partial charge in [-0.3, -0.25) is 29.4 Å². The summed E-state index contributed by atoms with van der Waals surface area (Å²) >= 11 is 1.23. The Labute approximate surface area is 244 Å². The Morgan fingerprint density at radius 1 is 1.19 bits per heavy atom. The van der Waals surface area contributed by atoms with Gasteiger partial charge in [-0.25, -0.2) is 9.59 Å². The van der Waals surface area contributed by atoms with E-state index in [1.54, 1.807) is 6.92 Å². The normalized spacial score (nSPS) is 29.6. The van der Waals surface area contributed by atoms with Gasteiger partial charge in [0.2, 0.25) is 17.7 Å². The minimum absolute atomic E-state index is 0.0799. The van der Waals surface area contributed by atoms with E-state index in [-0.39, 0.29) is 54.5 Å². The highest BCUT2D eigenvalue weighted by Crippen LogP contribution is 2.52. The third-order valence-corrected chi connectivity index (χ3v) is 10.0. The molecule has 1 unspecified atom stereocenters. The Morgan fingerprint density at radius 3 is 2.40 bits per heavy atom. The van der Waals surface area contributed by atoms with Gasteiger partial charge in [-0.1, -0.05) is 6.92 Å². The number of imide groups is 1. The van der Waals surface area contributed by atoms with E-state index in [0.717, 1.165) is 4.90 Å². The van der Waals surface area contributed by atoms with Crippen molar-refractivity contribution >= 4 is 47.2 Å². The first-order valence-corrected chi connectivity index (χ1v) is 14.3. The standard InChI is InChI=1S/C27H30N4O10S/c1-12-21-20(13(2)32)25(35)30(21)22(26(36)37)23(12)42-16-8-18(17-9-19(33)28(3)24(17)34)29(10-16)27(38)41-11-14-4-6-15(7-5-14)31(39)40/h4-7,12-13,16-18,20-21,32H,8-11H2,1-3H3,(H,36,37)/t12-,13-,16+,17?,18+,20-,21-/m1/s1. The Morgan fingerprint density at radius 2 is 1.86 bits per heavy atom. The zero-order valence-corrected chi connectivity index (χ0v) is 23.9. The number of thioether (sulfide) groups is 1. The average molecular weight is 603 g/mol. The number of carbonyl (C=O) groups excluding carboxylic acids is 4. The van der Waals surface area contributed by atoms with Gasteiger partial charge in [-0.2, -0.15) is 0 Å². The number of carboxylic acid groups (broad SMARTS) is 1. The van der Waals surface area contributed by atoms with E-state index >= 15 is 0 Å². The fraction of sp³-hybridized carbons (Fsp3) is 0.519. The van der Waals surface area contributed by atoms with Crippen LogP contribution in [0.2, 0.25) is 0 Å². The number of nitro groups is 1. The van der Waals surface area contributed by atoms with E-state index in [1.807, 2.05) is 0 Å². The quantitative estimate of drug-likeness (QED) is 0.190. The lowest BCUT2D eigenvalue weighted by atomic mass is 9.79. The number of carboxylic acids is 1. The third-order valence-electron chi connectivity index (χ3n) is 8.53. The lowest BCUT2D eigenvalue weighted by Gasteiger charge is -2.46. The van der Waals surface area contributed by atoms with E-state index in [1.165, 1.54) is 59.8 Å². The topological polar surface area (TPSA) is 188 Å². The van der Waals surface area contributed by atoms with Crippen LogP contribution in [0.4, 0.5) is 10.5 Å². The molecule has 14 nitrogen and oxygen atoms in total. The second-order valence-electron chi connectivity index (χ2n) is 11.0. The van der Waals surface area contributed by atoms with Crippen LogP contribution in [-0.2, 0) is 30.5 Å². The minimum Gasteiger partial charge on any atom is -0.477 e. The zero-order chi connectivity index (χ0) is 30.6. The van der Waals surface area contributed by atoms with Gasteiger partial charge in [-0.15, -0.1) is 11.8 Å². The monoisotopic (exact) mass is 602 g/mol. The molecule has 0 aliphatic carbocycles. The maximum absolute atomic E-state index is 13.3. The molecule has 4 amide bonds. The maximum atomic E-state index is 13.3. The first-order valence-electron chi connectivity index (χ1n) is 13.4. The summed E-state index contributed by atoms with van der Waals surface area (Å²) in [5.41, 5.74) is 0.267. The number of carbonyl (C=O) groups is 5. The summed E-state index contributed by atoms with van der Waals surface area (Å²) in [5, 5.41) is 30.6. The summed E-state index contributed by atoms with van der Waals surface area (Å²) in [6.07, 6.45) is -1.49. The number of likely N-dealkylation sites (tertiary alicyclic amines) is 2. The van der Waals surface area contributed by atoms with Crippen molar-refractivity contribution in [1.82, 2.24) is 14.7 Å². The molecule has 42 heavy (non-hydrogen) atoms. The largest absolute Gasteiger partial charge is 0.477 e. The number of hydrogen-bond acceptors (Lipinski definition) is 10. The second kappa shape index (κ2) is 11.0. The van der Waals surface area contributed by atoms with Gasteiger partial charge in [0.05, 0.1) is 28.9 Å². The number of non-ortho nitro benzene ring substituents is 1. The molecule has 5 rings (SSSR count). The molecule has 4 heterocycles. The fourth-order valence-electron chi connectivity index (χ4n) is 6.39. The smallest absolute Gasteiger partial charge is 0.410 e. The van der Waals surface area contributed by atoms with Gasteiger partial charge in [-0.05, 0) is 31.0 Å². The number of aliphatic carboxylic acids is 1. The number of nitro benzene ring substituents is 1. The van der Waals surface area contributed by atoms with Crippen molar-refractivity contribution in [2.24, 2.45) is 17.8 Å². The molecule has 3 fully saturated rings. The fourth-order valence-corrected chi connectivity index (χ4v) is 7.93. The number of fused-ring (bicyclic) bond motifs is 1. The summed E-state index contributed by atoms with van der Waals surface area (Å²) in [6, 6.07) is 4.33. The van der Waals surface area contributed by atoms with Crippen molar-refractivity contribution in [1.29, 1.82) is 0 Å². The lowest BCUT2D eigenvalue weighted by Crippen LogP contribution is -2.63. The van der Waals surface area contributed by atoms with E-state index in [2.05, 4.69) is 0 Å². The molecule has 15 heteroatoms. The Balaban J connectivity index is 1.36. The summed E-state index contributed by atoms with van der Waals surface area (Å²) in [6.45, 7) is 3.21. The van der Waals surface area contributed by atoms with Crippen molar-refractivity contribution in [2.45, 2.75) is 56.7 Å². The molecule has 0 bridgehead atoms. The number of β-lactam (4-membered cyclic amide) rings is 1. The Hall–Kier alpha value is -3.98. The van der Waals surface area contributed by atoms with Gasteiger partial charge in [0.15, 0.2) is 0 Å². The van der Waals surface area contributed by atoms with Crippen molar-refractivity contribution in [3.05, 3.63) is 50.5 Å². The molecule has 2 N–H and O–H groups in total. The molecule has 4 aliphatic heterocycles. The number of aliphatic hydroxyl groups is 1. The second-order valence-corrected chi connectivity index (χ2v) is 12.4. The van der Waals surface area contributed by atoms with E-state index in [4.69, 9.17) is 4.74 Å². The molecule has 0 radical (unpaired) electrons. The molecule has 0 saturated carbocycles. The third kappa shape index (κ3) is 4.89. The number of benzene rings is 1. The first-order chi connectivity index (χ1) is 19.8. The molecular formula is C27H30N4O10S. The van der Waals surface area contributed by atoms with Crippen LogP contribution in [0.1, 0.15) is 32.3 Å². The lowest BCUT2D eigenvalue weighted by molar-refractivity contribution is -0.384. The van der Waals surface area contributed by atoms with Crippen molar-refractivity contribution < 1.29 is 43.8 Å². The maximum Gasteiger partial charge on any atom is 0.410 e. The highest BCUT2D eigenvalue weighted by molar-refractivity contribution is 8.03. The van der Waals surface area contributed by atoms with Crippen LogP contribution < -0.4 is 0 Å². The van der Waals surface area contributed by atoms with Gasteiger partial charge >= 0.3 is 12.1 Å². The van der Waals surface area contributed by atoms with Gasteiger partial charge in [0.1, 0.15) is 12.3 Å². The number of nitrogens with zero attached hydrogens (tertiary/aromatic N) is 4. The van der Waals surface area contributed by atoms with Crippen LogP contribution in [0, 0.1) is 27.9 Å². The zero-order valence-electron chi connectivity index (χ0n) is 23.0. The minimum atomic E-state index is -1.27. The van der Waals surface area contributed by atoms with Crippen molar-refractivity contribution in [3.8, 4) is 0 Å². The predicted octanol–water partition coefficient (Wildman–Crippen LogP) is 1.57. The van der Waals surface area contributed by atoms with Crippen LogP contribution in [0.15, 0.2) is 34.9 Å². The highest BCUT2D eigenvalue weighted by Gasteiger charge is 2.60. The molecule has 1 aromatic carbocycles. The van der Waals surface area contributed by atoms with Crippen LogP contribution in [-0.4, -0.2) is 96.7 Å². The van der Waals surface area contributed by atoms with Gasteiger partial charge < -0.3 is 24.7 Å². The summed E-state index contributed by atoms with van der Waals surface area (Å²) in [4.78, 5) is 78.0. The number of hydrogen-bond donors (Lipinski definition) is 2. The molecule has 0 spiro atoms. The average Bonchev–Trinajstić information content (AvgIpc) is 3.54. The van der Waals surface area contributed by atoms with Crippen LogP contribution in [0.25, 0.3) is 0 Å². The summed E-state index contributed by atoms with van der Waals surface area (Å²) in [7, 11) is 1.38. The van der Waals surface area contributed by atoms with Crippen molar-refractivity contribution in [2.75, 3.05) is 13.6 Å². The first kappa shape index (κ1) is 29.5. The molecule has 3 saturated heterocycles. The molecule has 4 aliphatic rings. The van der Waals surface area contributed by atoms with Crippen molar-refractivity contribution in [3.63, 3.8) is 0 Å². The van der Waals surface area contributed by atoms with Gasteiger partial charge in [0.25, 0.3) is 5.69 Å². The number of amides is 4. The van der Waals surface area contributed by atoms with Gasteiger partial charge in [0, 0.05) is 54.3 Å². The SMILES string of the molecule is C[C@@H](O)[C@H]1C(=O)N2C(C(=O)O)=C(S[C@H]3C[C@@H](C4CC(=O)N(C)C4=O)N(C(=O)OCc4ccc([N+](=O)[O-])cc4)C3)[C@H](C)[C@H]12. The molecule has 7 atom stereocenters. The molecule has 1 aromatic rings. The summed E-state index contributed by atoms with van der Waals surface area (Å²) in [5.74, 6) is -4.39. The Kier molecular flexibility index (Phi) is 7.74. The molecular weight excluding hydrogens is 572 g/mol. The highest BCUT2D eigenvalue weighted by atomic mass is 32.2. The Bertz CT molecular complexity index is 1400. The van der Waals surface area contributed by atoms with Crippen LogP contribution in [0.3, 0.4) is 0 Å². The molecule has 224 valence electrons.